The van der Waals surface area contributed by atoms with Crippen LogP contribution in [0.4, 0.5) is 13.2 Å². The summed E-state index contributed by atoms with van der Waals surface area (Å²) in [5.74, 6) is 0.373. The molecule has 1 aliphatic carbocycles. The second-order valence-electron chi connectivity index (χ2n) is 5.34. The Balaban J connectivity index is 2.06. The van der Waals surface area contributed by atoms with Crippen LogP contribution in [0.2, 0.25) is 0 Å². The predicted molar refractivity (Wildman–Crippen MR) is 53.9 cm³/mol. The summed E-state index contributed by atoms with van der Waals surface area (Å²) in [6.45, 7) is 1.72. The summed E-state index contributed by atoms with van der Waals surface area (Å²) in [6, 6.07) is 0. The zero-order valence-electron chi connectivity index (χ0n) is 9.43. The van der Waals surface area contributed by atoms with Crippen molar-refractivity contribution in [2.24, 2.45) is 11.8 Å². The Kier molecular flexibility index (Phi) is 2.95. The van der Waals surface area contributed by atoms with E-state index in [0.717, 1.165) is 19.5 Å². The van der Waals surface area contributed by atoms with Crippen LogP contribution in [0.25, 0.3) is 0 Å². The molecule has 0 aromatic carbocycles. The van der Waals surface area contributed by atoms with Crippen molar-refractivity contribution in [3.8, 4) is 0 Å². The Bertz CT molecular complexity index is 268. The van der Waals surface area contributed by atoms with E-state index in [0.29, 0.717) is 12.3 Å². The maximum absolute atomic E-state index is 12.7. The van der Waals surface area contributed by atoms with Crippen molar-refractivity contribution in [2.45, 2.75) is 37.5 Å². The number of nitrogens with zero attached hydrogens (tertiary/aromatic N) is 1. The number of likely N-dealkylation sites (tertiary alicyclic amines) is 1. The van der Waals surface area contributed by atoms with Gasteiger partial charge in [-0.2, -0.15) is 13.2 Å². The van der Waals surface area contributed by atoms with Crippen molar-refractivity contribution in [1.82, 2.24) is 4.90 Å². The molecule has 1 N–H and O–H groups in total. The van der Waals surface area contributed by atoms with Crippen LogP contribution < -0.4 is 0 Å². The Morgan fingerprint density at radius 2 is 1.94 bits per heavy atom. The smallest absolute Gasteiger partial charge is 0.380 e. The van der Waals surface area contributed by atoms with Gasteiger partial charge in [0, 0.05) is 6.54 Å². The van der Waals surface area contributed by atoms with E-state index in [1.165, 1.54) is 0 Å². The summed E-state index contributed by atoms with van der Waals surface area (Å²) < 4.78 is 38.1. The summed E-state index contributed by atoms with van der Waals surface area (Å²) in [7, 11) is 2.00. The van der Waals surface area contributed by atoms with E-state index < -0.39 is 11.8 Å². The Labute approximate surface area is 93.4 Å². The van der Waals surface area contributed by atoms with Gasteiger partial charge in [0.05, 0.1) is 0 Å². The second-order valence-corrected chi connectivity index (χ2v) is 5.34. The Hall–Kier alpha value is -0.290. The molecule has 2 nitrogen and oxygen atoms in total. The topological polar surface area (TPSA) is 23.5 Å². The van der Waals surface area contributed by atoms with Crippen molar-refractivity contribution < 1.29 is 18.3 Å². The van der Waals surface area contributed by atoms with E-state index >= 15 is 0 Å². The highest BCUT2D eigenvalue weighted by molar-refractivity contribution is 4.97. The number of alkyl halides is 3. The van der Waals surface area contributed by atoms with Crippen LogP contribution in [-0.4, -0.2) is 41.9 Å². The van der Waals surface area contributed by atoms with E-state index in [4.69, 9.17) is 0 Å². The van der Waals surface area contributed by atoms with Crippen molar-refractivity contribution >= 4 is 0 Å². The van der Waals surface area contributed by atoms with Gasteiger partial charge in [-0.05, 0) is 51.1 Å². The van der Waals surface area contributed by atoms with E-state index in [2.05, 4.69) is 4.90 Å². The van der Waals surface area contributed by atoms with Crippen LogP contribution in [0, 0.1) is 11.8 Å². The van der Waals surface area contributed by atoms with Gasteiger partial charge in [-0.15, -0.1) is 0 Å². The van der Waals surface area contributed by atoms with Gasteiger partial charge in [0.1, 0.15) is 0 Å². The lowest BCUT2D eigenvalue weighted by Gasteiger charge is -2.46. The fourth-order valence-corrected chi connectivity index (χ4v) is 3.08. The number of aliphatic hydroxyl groups is 1. The molecule has 0 aromatic rings. The molecule has 3 unspecified atom stereocenters. The molecular formula is C11H18F3NO. The van der Waals surface area contributed by atoms with E-state index in [1.54, 1.807) is 0 Å². The number of fused-ring (bicyclic) bond motifs is 1. The molecule has 2 aliphatic rings. The third-order valence-corrected chi connectivity index (χ3v) is 4.15. The first kappa shape index (κ1) is 12.2. The number of halogens is 3. The molecule has 0 bridgehead atoms. The molecule has 0 aromatic heterocycles. The highest BCUT2D eigenvalue weighted by atomic mass is 19.4. The summed E-state index contributed by atoms with van der Waals surface area (Å²) in [5.41, 5.74) is -2.43. The van der Waals surface area contributed by atoms with Gasteiger partial charge >= 0.3 is 6.18 Å². The van der Waals surface area contributed by atoms with Gasteiger partial charge in [0.15, 0.2) is 5.60 Å². The van der Waals surface area contributed by atoms with Gasteiger partial charge in [-0.25, -0.2) is 0 Å². The average Bonchev–Trinajstić information content (AvgIpc) is 2.17. The molecule has 2 rings (SSSR count). The summed E-state index contributed by atoms with van der Waals surface area (Å²) in [4.78, 5) is 2.17. The number of hydrogen-bond donors (Lipinski definition) is 1. The highest BCUT2D eigenvalue weighted by Crippen LogP contribution is 2.47. The predicted octanol–water partition coefficient (Wildman–Crippen LogP) is 2.03. The minimum absolute atomic E-state index is 0.0385. The molecule has 1 saturated carbocycles. The molecular weight excluding hydrogens is 219 g/mol. The second kappa shape index (κ2) is 3.88. The molecule has 3 atom stereocenters. The van der Waals surface area contributed by atoms with Gasteiger partial charge in [-0.3, -0.25) is 0 Å². The molecule has 0 spiro atoms. The fraction of sp³-hybridized carbons (Fsp3) is 1.00. The molecule has 0 radical (unpaired) electrons. The van der Waals surface area contributed by atoms with Gasteiger partial charge < -0.3 is 10.0 Å². The first-order valence-corrected chi connectivity index (χ1v) is 5.79. The van der Waals surface area contributed by atoms with Gasteiger partial charge in [0.25, 0.3) is 0 Å². The molecule has 5 heteroatoms. The van der Waals surface area contributed by atoms with Crippen LogP contribution in [0.15, 0.2) is 0 Å². The summed E-state index contributed by atoms with van der Waals surface area (Å²) >= 11 is 0. The monoisotopic (exact) mass is 237 g/mol. The van der Waals surface area contributed by atoms with Crippen LogP contribution >= 0.6 is 0 Å². The maximum Gasteiger partial charge on any atom is 0.417 e. The molecule has 2 fully saturated rings. The maximum atomic E-state index is 12.7. The number of piperidine rings is 1. The van der Waals surface area contributed by atoms with Gasteiger partial charge in [0.2, 0.25) is 0 Å². The fourth-order valence-electron chi connectivity index (χ4n) is 3.08. The quantitative estimate of drug-likeness (QED) is 0.697. The van der Waals surface area contributed by atoms with Crippen LogP contribution in [0.3, 0.4) is 0 Å². The first-order valence-electron chi connectivity index (χ1n) is 5.79. The van der Waals surface area contributed by atoms with Gasteiger partial charge in [-0.1, -0.05) is 0 Å². The van der Waals surface area contributed by atoms with E-state index in [9.17, 15) is 18.3 Å². The third kappa shape index (κ3) is 2.07. The van der Waals surface area contributed by atoms with Crippen LogP contribution in [0.5, 0.6) is 0 Å². The van der Waals surface area contributed by atoms with Crippen LogP contribution in [0.1, 0.15) is 25.7 Å². The number of rotatable bonds is 0. The van der Waals surface area contributed by atoms with Crippen LogP contribution in [-0.2, 0) is 0 Å². The minimum Gasteiger partial charge on any atom is -0.380 e. The lowest BCUT2D eigenvalue weighted by molar-refractivity contribution is -0.279. The Morgan fingerprint density at radius 3 is 2.56 bits per heavy atom. The van der Waals surface area contributed by atoms with Crippen molar-refractivity contribution in [2.75, 3.05) is 20.1 Å². The molecule has 94 valence electrons. The molecule has 1 heterocycles. The largest absolute Gasteiger partial charge is 0.417 e. The zero-order chi connectivity index (χ0) is 12.0. The molecule has 1 aliphatic heterocycles. The lowest BCUT2D eigenvalue weighted by Crippen LogP contribution is -2.53. The van der Waals surface area contributed by atoms with Crippen molar-refractivity contribution in [1.29, 1.82) is 0 Å². The summed E-state index contributed by atoms with van der Waals surface area (Å²) in [5, 5.41) is 9.67. The molecule has 0 amide bonds. The SMILES string of the molecule is CN1CCC2CC(O)(C(F)(F)F)CCC2C1. The van der Waals surface area contributed by atoms with E-state index in [-0.39, 0.29) is 18.8 Å². The number of hydrogen-bond acceptors (Lipinski definition) is 2. The average molecular weight is 237 g/mol. The normalized spacial score (nSPS) is 41.8. The lowest BCUT2D eigenvalue weighted by atomic mass is 9.68. The minimum atomic E-state index is -4.47. The van der Waals surface area contributed by atoms with Crippen molar-refractivity contribution in [3.63, 3.8) is 0 Å². The third-order valence-electron chi connectivity index (χ3n) is 4.15. The van der Waals surface area contributed by atoms with Crippen molar-refractivity contribution in [3.05, 3.63) is 0 Å². The Morgan fingerprint density at radius 1 is 1.25 bits per heavy atom. The summed E-state index contributed by atoms with van der Waals surface area (Å²) in [6.07, 6.45) is -3.44. The first-order chi connectivity index (χ1) is 7.32. The highest BCUT2D eigenvalue weighted by Gasteiger charge is 2.57. The van der Waals surface area contributed by atoms with E-state index in [1.807, 2.05) is 7.05 Å². The zero-order valence-corrected chi connectivity index (χ0v) is 9.43. The standard InChI is InChI=1S/C11H18F3NO/c1-15-5-3-8-6-10(16,11(12,13)14)4-2-9(8)7-15/h8-9,16H,2-7H2,1H3. The molecule has 1 saturated heterocycles. The molecule has 16 heavy (non-hydrogen) atoms.